The van der Waals surface area contributed by atoms with Gasteiger partial charge in [-0.25, -0.2) is 0 Å². The van der Waals surface area contributed by atoms with E-state index in [1.807, 2.05) is 12.1 Å². The number of carbonyl (C=O) groups excluding carboxylic acids is 1. The van der Waals surface area contributed by atoms with Gasteiger partial charge in [0.2, 0.25) is 5.91 Å². The molecule has 0 saturated carbocycles. The molecule has 0 aliphatic carbocycles. The Bertz CT molecular complexity index is 527. The van der Waals surface area contributed by atoms with Gasteiger partial charge in [-0.2, -0.15) is 11.8 Å². The van der Waals surface area contributed by atoms with Crippen molar-refractivity contribution in [2.24, 2.45) is 0 Å². The third kappa shape index (κ3) is 4.53. The average molecular weight is 502 g/mol. The average Bonchev–Trinajstić information content (AvgIpc) is 2.58. The van der Waals surface area contributed by atoms with Crippen molar-refractivity contribution < 1.29 is 4.79 Å². The van der Waals surface area contributed by atoms with Crippen molar-refractivity contribution in [3.8, 4) is 0 Å². The Balaban J connectivity index is 2.10. The van der Waals surface area contributed by atoms with Gasteiger partial charge >= 0.3 is 0 Å². The second-order valence-electron chi connectivity index (χ2n) is 4.30. The number of rotatable bonds is 2. The van der Waals surface area contributed by atoms with E-state index in [1.165, 1.54) is 5.57 Å². The first-order chi connectivity index (χ1) is 9.47. The van der Waals surface area contributed by atoms with E-state index in [1.54, 1.807) is 23.5 Å². The molecule has 1 aliphatic heterocycles. The first kappa shape index (κ1) is 16.9. The molecule has 1 N–H and O–H groups in total. The van der Waals surface area contributed by atoms with Crippen LogP contribution >= 0.6 is 71.3 Å². The topological polar surface area (TPSA) is 29.1 Å². The van der Waals surface area contributed by atoms with Gasteiger partial charge in [-0.15, -0.1) is 11.8 Å². The molecule has 0 radical (unpaired) electrons. The molecule has 0 bridgehead atoms. The van der Waals surface area contributed by atoms with Crippen LogP contribution in [0.4, 0.5) is 5.69 Å². The molecule has 1 amide bonds. The largest absolute Gasteiger partial charge is 0.323 e. The van der Waals surface area contributed by atoms with Crippen molar-refractivity contribution in [3.05, 3.63) is 37.7 Å². The van der Waals surface area contributed by atoms with E-state index in [0.717, 1.165) is 36.4 Å². The normalized spacial score (nSPS) is 19.6. The summed E-state index contributed by atoms with van der Waals surface area (Å²) in [6.45, 7) is 4.00. The summed E-state index contributed by atoms with van der Waals surface area (Å²) in [6, 6.07) is 3.83. The zero-order valence-electron chi connectivity index (χ0n) is 10.4. The van der Waals surface area contributed by atoms with Crippen molar-refractivity contribution >= 4 is 82.9 Å². The van der Waals surface area contributed by atoms with Crippen molar-refractivity contribution in [2.45, 2.75) is 5.25 Å². The van der Waals surface area contributed by atoms with Crippen LogP contribution in [0.2, 0.25) is 0 Å². The smallest absolute Gasteiger partial charge is 0.238 e. The Morgan fingerprint density at radius 2 is 1.90 bits per heavy atom. The first-order valence-corrected chi connectivity index (χ1v) is 10.4. The lowest BCUT2D eigenvalue weighted by Crippen LogP contribution is -2.27. The SMILES string of the molecule is C=C1CSCC(C(=O)Nc2c(Br)cc(Br)cc2Br)SC1. The Morgan fingerprint density at radius 1 is 1.25 bits per heavy atom. The van der Waals surface area contributed by atoms with Crippen molar-refractivity contribution in [2.75, 3.05) is 22.6 Å². The molecule has 7 heteroatoms. The fourth-order valence-electron chi connectivity index (χ4n) is 1.64. The van der Waals surface area contributed by atoms with E-state index in [4.69, 9.17) is 0 Å². The zero-order chi connectivity index (χ0) is 14.7. The number of nitrogens with one attached hydrogen (secondary N) is 1. The quantitative estimate of drug-likeness (QED) is 0.556. The molecule has 1 unspecified atom stereocenters. The van der Waals surface area contributed by atoms with Gasteiger partial charge in [0.05, 0.1) is 10.9 Å². The molecule has 1 heterocycles. The van der Waals surface area contributed by atoms with Crippen LogP contribution in [0.5, 0.6) is 0 Å². The van der Waals surface area contributed by atoms with E-state index in [-0.39, 0.29) is 11.2 Å². The van der Waals surface area contributed by atoms with E-state index in [0.29, 0.717) is 0 Å². The van der Waals surface area contributed by atoms with Gasteiger partial charge < -0.3 is 5.32 Å². The third-order valence-corrected chi connectivity index (χ3v) is 7.07. The number of hydrogen-bond donors (Lipinski definition) is 1. The van der Waals surface area contributed by atoms with E-state index in [2.05, 4.69) is 59.7 Å². The molecule has 1 aromatic carbocycles. The van der Waals surface area contributed by atoms with Crippen LogP contribution in [0.15, 0.2) is 37.7 Å². The predicted octanol–water partition coefficient (Wildman–Crippen LogP) is 5.32. The molecule has 2 rings (SSSR count). The highest BCUT2D eigenvalue weighted by Crippen LogP contribution is 2.35. The van der Waals surface area contributed by atoms with Gasteiger partial charge in [-0.3, -0.25) is 4.79 Å². The van der Waals surface area contributed by atoms with Crippen LogP contribution in [0.25, 0.3) is 0 Å². The maximum absolute atomic E-state index is 12.4. The van der Waals surface area contributed by atoms with Crippen molar-refractivity contribution in [3.63, 3.8) is 0 Å². The number of amides is 1. The summed E-state index contributed by atoms with van der Waals surface area (Å²) in [5, 5.41) is 2.96. The molecule has 1 aromatic rings. The molecule has 1 fully saturated rings. The highest BCUT2D eigenvalue weighted by Gasteiger charge is 2.23. The Hall–Kier alpha value is 0.570. The molecular weight excluding hydrogens is 490 g/mol. The van der Waals surface area contributed by atoms with Crippen LogP contribution < -0.4 is 5.32 Å². The van der Waals surface area contributed by atoms with Crippen LogP contribution in [0.3, 0.4) is 0 Å². The van der Waals surface area contributed by atoms with Crippen LogP contribution in [0.1, 0.15) is 0 Å². The number of hydrogen-bond acceptors (Lipinski definition) is 3. The van der Waals surface area contributed by atoms with Gasteiger partial charge in [-0.05, 0) is 44.0 Å². The van der Waals surface area contributed by atoms with E-state index < -0.39 is 0 Å². The summed E-state index contributed by atoms with van der Waals surface area (Å²) < 4.78 is 2.65. The number of benzene rings is 1. The van der Waals surface area contributed by atoms with Crippen LogP contribution in [0, 0.1) is 0 Å². The third-order valence-electron chi connectivity index (χ3n) is 2.61. The van der Waals surface area contributed by atoms with Crippen LogP contribution in [-0.2, 0) is 4.79 Å². The summed E-state index contributed by atoms with van der Waals surface area (Å²) >= 11 is 13.8. The van der Waals surface area contributed by atoms with Crippen molar-refractivity contribution in [1.29, 1.82) is 0 Å². The summed E-state index contributed by atoms with van der Waals surface area (Å²) in [6.07, 6.45) is 0. The first-order valence-electron chi connectivity index (χ1n) is 5.79. The molecule has 0 aromatic heterocycles. The highest BCUT2D eigenvalue weighted by atomic mass is 79.9. The number of halogens is 3. The number of anilines is 1. The zero-order valence-corrected chi connectivity index (χ0v) is 16.8. The van der Waals surface area contributed by atoms with Crippen LogP contribution in [-0.4, -0.2) is 28.4 Å². The lowest BCUT2D eigenvalue weighted by Gasteiger charge is -2.15. The molecule has 108 valence electrons. The van der Waals surface area contributed by atoms with Gasteiger partial charge in [0.25, 0.3) is 0 Å². The molecule has 1 atom stereocenters. The lowest BCUT2D eigenvalue weighted by molar-refractivity contribution is -0.115. The summed E-state index contributed by atoms with van der Waals surface area (Å²) in [5.74, 6) is 2.67. The Kier molecular flexibility index (Phi) is 6.53. The number of carbonyl (C=O) groups is 1. The van der Waals surface area contributed by atoms with E-state index in [9.17, 15) is 4.79 Å². The Morgan fingerprint density at radius 3 is 2.55 bits per heavy atom. The second-order valence-corrected chi connectivity index (χ2v) is 9.14. The maximum Gasteiger partial charge on any atom is 0.238 e. The minimum atomic E-state index is -0.0401. The summed E-state index contributed by atoms with van der Waals surface area (Å²) in [7, 11) is 0. The minimum absolute atomic E-state index is 0.0401. The Labute approximate surface area is 152 Å². The van der Waals surface area contributed by atoms with Gasteiger partial charge in [-0.1, -0.05) is 28.1 Å². The maximum atomic E-state index is 12.4. The van der Waals surface area contributed by atoms with Crippen molar-refractivity contribution in [1.82, 2.24) is 0 Å². The molecule has 2 nitrogen and oxygen atoms in total. The molecule has 1 aliphatic rings. The molecular formula is C13H12Br3NOS2. The standard InChI is InChI=1S/C13H12Br3NOS2/c1-7-4-19-6-11(20-5-7)13(18)17-12-9(15)2-8(14)3-10(12)16/h2-3,11H,1,4-6H2,(H,17,18). The van der Waals surface area contributed by atoms with Gasteiger partial charge in [0, 0.05) is 30.7 Å². The molecule has 1 saturated heterocycles. The minimum Gasteiger partial charge on any atom is -0.323 e. The lowest BCUT2D eigenvalue weighted by atomic mass is 10.3. The monoisotopic (exact) mass is 499 g/mol. The number of thioether (sulfide) groups is 2. The summed E-state index contributed by atoms with van der Waals surface area (Å²) in [4.78, 5) is 12.4. The second kappa shape index (κ2) is 7.72. The highest BCUT2D eigenvalue weighted by molar-refractivity contribution is 9.11. The fraction of sp³-hybridized carbons (Fsp3) is 0.308. The predicted molar refractivity (Wildman–Crippen MR) is 101 cm³/mol. The van der Waals surface area contributed by atoms with E-state index >= 15 is 0 Å². The fourth-order valence-corrected chi connectivity index (χ4v) is 6.52. The summed E-state index contributed by atoms with van der Waals surface area (Å²) in [5.41, 5.74) is 1.97. The van der Waals surface area contributed by atoms with Gasteiger partial charge in [0.15, 0.2) is 0 Å². The molecule has 20 heavy (non-hydrogen) atoms. The van der Waals surface area contributed by atoms with Gasteiger partial charge in [0.1, 0.15) is 0 Å². The molecule has 0 spiro atoms.